The van der Waals surface area contributed by atoms with Crippen molar-refractivity contribution in [3.8, 4) is 0 Å². The molecule has 0 saturated heterocycles. The minimum absolute atomic E-state index is 0.554. The van der Waals surface area contributed by atoms with E-state index in [1.165, 1.54) is 12.1 Å². The summed E-state index contributed by atoms with van der Waals surface area (Å²) in [6.45, 7) is 1.91. The lowest BCUT2D eigenvalue weighted by molar-refractivity contribution is -0.137. The first-order chi connectivity index (χ1) is 15.1. The lowest BCUT2D eigenvalue weighted by Crippen LogP contribution is -2.13. The molecular weight excluding hydrogens is 435 g/mol. The molecule has 7 heteroatoms. The lowest BCUT2D eigenvalue weighted by Gasteiger charge is -2.19. The zero-order valence-electron chi connectivity index (χ0n) is 18.0. The van der Waals surface area contributed by atoms with Crippen LogP contribution in [0.2, 0.25) is 5.02 Å². The largest absolute Gasteiger partial charge is 0.416 e. The molecule has 0 saturated carbocycles. The summed E-state index contributed by atoms with van der Waals surface area (Å²) in [7, 11) is 3.89. The number of fused-ring (bicyclic) bond motifs is 1. The number of nitrogens with zero attached hydrogens (tertiary/aromatic N) is 3. The van der Waals surface area contributed by atoms with Gasteiger partial charge >= 0.3 is 6.18 Å². The number of hydrogen-bond acceptors (Lipinski definition) is 3. The molecule has 4 aromatic rings. The standard InChI is InChI=1S/C19H17F3N2.C6H6ClN/c1-24(2)18-15(8-7-14-4-3-11-23-17(14)18)12-13-5-9-16(10-6-13)19(20,21)22;1-5-4-6(7)2-3-8-5/h3-11H,12H2,1-2H3;2-4H,1H3. The summed E-state index contributed by atoms with van der Waals surface area (Å²) in [5.41, 5.74) is 4.09. The van der Waals surface area contributed by atoms with E-state index in [4.69, 9.17) is 11.6 Å². The van der Waals surface area contributed by atoms with Crippen LogP contribution in [-0.4, -0.2) is 24.1 Å². The number of benzene rings is 2. The van der Waals surface area contributed by atoms with Crippen LogP contribution < -0.4 is 4.90 Å². The van der Waals surface area contributed by atoms with E-state index in [0.717, 1.165) is 50.6 Å². The molecule has 0 fully saturated rings. The zero-order chi connectivity index (χ0) is 23.3. The molecule has 166 valence electrons. The summed E-state index contributed by atoms with van der Waals surface area (Å²) < 4.78 is 38.0. The number of halogens is 4. The fourth-order valence-electron chi connectivity index (χ4n) is 3.36. The third kappa shape index (κ3) is 5.98. The summed E-state index contributed by atoms with van der Waals surface area (Å²) in [5.74, 6) is 0. The fraction of sp³-hybridized carbons (Fsp3) is 0.200. The SMILES string of the molecule is CN(C)c1c(Cc2ccc(C(F)(F)F)cc2)ccc2cccnc12.Cc1cc(Cl)ccn1. The molecule has 0 radical (unpaired) electrons. The van der Waals surface area contributed by atoms with E-state index >= 15 is 0 Å². The first-order valence-corrected chi connectivity index (χ1v) is 10.3. The van der Waals surface area contributed by atoms with Crippen molar-refractivity contribution >= 4 is 28.2 Å². The highest BCUT2D eigenvalue weighted by atomic mass is 35.5. The van der Waals surface area contributed by atoms with E-state index in [1.54, 1.807) is 18.5 Å². The maximum Gasteiger partial charge on any atom is 0.416 e. The quantitative estimate of drug-likeness (QED) is 0.333. The smallest absolute Gasteiger partial charge is 0.376 e. The summed E-state index contributed by atoms with van der Waals surface area (Å²) in [6.07, 6.45) is -0.312. The highest BCUT2D eigenvalue weighted by Gasteiger charge is 2.29. The van der Waals surface area contributed by atoms with Crippen LogP contribution >= 0.6 is 11.6 Å². The average molecular weight is 458 g/mol. The van der Waals surface area contributed by atoms with Crippen LogP contribution in [0.15, 0.2) is 73.1 Å². The van der Waals surface area contributed by atoms with Gasteiger partial charge in [0.15, 0.2) is 0 Å². The number of rotatable bonds is 3. The Hall–Kier alpha value is -3.12. The van der Waals surface area contributed by atoms with Gasteiger partial charge in [0.1, 0.15) is 0 Å². The molecule has 4 rings (SSSR count). The van der Waals surface area contributed by atoms with Gasteiger partial charge in [-0.05, 0) is 54.8 Å². The van der Waals surface area contributed by atoms with Gasteiger partial charge in [-0.25, -0.2) is 0 Å². The highest BCUT2D eigenvalue weighted by Crippen LogP contribution is 2.32. The van der Waals surface area contributed by atoms with Crippen molar-refractivity contribution in [3.05, 3.63) is 100 Å². The summed E-state index contributed by atoms with van der Waals surface area (Å²) in [6, 6.07) is 16.8. The second kappa shape index (κ2) is 10.0. The molecule has 32 heavy (non-hydrogen) atoms. The van der Waals surface area contributed by atoms with Crippen LogP contribution in [0.25, 0.3) is 10.9 Å². The molecule has 3 nitrogen and oxygen atoms in total. The molecular formula is C25H23ClF3N3. The van der Waals surface area contributed by atoms with Gasteiger partial charge in [-0.2, -0.15) is 13.2 Å². The molecule has 2 aromatic heterocycles. The monoisotopic (exact) mass is 457 g/mol. The van der Waals surface area contributed by atoms with Crippen LogP contribution in [-0.2, 0) is 12.6 Å². The Bertz CT molecular complexity index is 1170. The molecule has 0 spiro atoms. The topological polar surface area (TPSA) is 29.0 Å². The van der Waals surface area contributed by atoms with Crippen molar-refractivity contribution in [2.45, 2.75) is 19.5 Å². The number of pyridine rings is 2. The highest BCUT2D eigenvalue weighted by molar-refractivity contribution is 6.30. The minimum Gasteiger partial charge on any atom is -0.376 e. The predicted molar refractivity (Wildman–Crippen MR) is 124 cm³/mol. The number of alkyl halides is 3. The summed E-state index contributed by atoms with van der Waals surface area (Å²) in [4.78, 5) is 10.4. The average Bonchev–Trinajstić information content (AvgIpc) is 2.73. The molecule has 0 N–H and O–H groups in total. The molecule has 2 aromatic carbocycles. The number of hydrogen-bond donors (Lipinski definition) is 0. The number of anilines is 1. The van der Waals surface area contributed by atoms with Crippen LogP contribution in [0, 0.1) is 6.92 Å². The van der Waals surface area contributed by atoms with Gasteiger partial charge in [0.2, 0.25) is 0 Å². The molecule has 0 aliphatic heterocycles. The van der Waals surface area contributed by atoms with E-state index in [0.29, 0.717) is 6.42 Å². The van der Waals surface area contributed by atoms with Crippen molar-refractivity contribution in [3.63, 3.8) is 0 Å². The first-order valence-electron chi connectivity index (χ1n) is 9.93. The Morgan fingerprint density at radius 2 is 1.62 bits per heavy atom. The van der Waals surface area contributed by atoms with Gasteiger partial charge in [-0.1, -0.05) is 41.9 Å². The maximum absolute atomic E-state index is 12.7. The van der Waals surface area contributed by atoms with Crippen LogP contribution in [0.5, 0.6) is 0 Å². The third-order valence-electron chi connectivity index (χ3n) is 4.81. The van der Waals surface area contributed by atoms with Crippen molar-refractivity contribution in [2.75, 3.05) is 19.0 Å². The summed E-state index contributed by atoms with van der Waals surface area (Å²) in [5, 5.41) is 1.79. The van der Waals surface area contributed by atoms with Gasteiger partial charge in [0, 0.05) is 42.6 Å². The molecule has 0 atom stereocenters. The van der Waals surface area contributed by atoms with Crippen molar-refractivity contribution in [1.29, 1.82) is 0 Å². The van der Waals surface area contributed by atoms with Crippen LogP contribution in [0.4, 0.5) is 18.9 Å². The van der Waals surface area contributed by atoms with Gasteiger partial charge in [0.25, 0.3) is 0 Å². The Balaban J connectivity index is 0.000000305. The molecule has 0 bridgehead atoms. The van der Waals surface area contributed by atoms with Gasteiger partial charge in [-0.15, -0.1) is 0 Å². The van der Waals surface area contributed by atoms with Gasteiger partial charge in [0.05, 0.1) is 16.8 Å². The predicted octanol–water partition coefficient (Wildman–Crippen LogP) is 6.95. The normalized spacial score (nSPS) is 11.1. The van der Waals surface area contributed by atoms with Crippen LogP contribution in [0.3, 0.4) is 0 Å². The Kier molecular flexibility index (Phi) is 7.36. The lowest BCUT2D eigenvalue weighted by atomic mass is 9.99. The van der Waals surface area contributed by atoms with E-state index in [-0.39, 0.29) is 0 Å². The second-order valence-electron chi connectivity index (χ2n) is 7.53. The summed E-state index contributed by atoms with van der Waals surface area (Å²) >= 11 is 5.60. The molecule has 0 aliphatic rings. The maximum atomic E-state index is 12.7. The number of aromatic nitrogens is 2. The van der Waals surface area contributed by atoms with Gasteiger partial charge in [-0.3, -0.25) is 9.97 Å². The van der Waals surface area contributed by atoms with E-state index in [2.05, 4.69) is 9.97 Å². The van der Waals surface area contributed by atoms with Gasteiger partial charge < -0.3 is 4.90 Å². The Morgan fingerprint density at radius 3 is 2.19 bits per heavy atom. The van der Waals surface area contributed by atoms with Crippen molar-refractivity contribution in [1.82, 2.24) is 9.97 Å². The molecule has 0 amide bonds. The van der Waals surface area contributed by atoms with Crippen molar-refractivity contribution in [2.24, 2.45) is 0 Å². The zero-order valence-corrected chi connectivity index (χ0v) is 18.7. The second-order valence-corrected chi connectivity index (χ2v) is 7.97. The molecule has 2 heterocycles. The number of aryl methyl sites for hydroxylation is 1. The van der Waals surface area contributed by atoms with Crippen molar-refractivity contribution < 1.29 is 13.2 Å². The van der Waals surface area contributed by atoms with E-state index in [9.17, 15) is 13.2 Å². The molecule has 0 unspecified atom stereocenters. The fourth-order valence-corrected chi connectivity index (χ4v) is 3.57. The van der Waals surface area contributed by atoms with E-state index < -0.39 is 11.7 Å². The van der Waals surface area contributed by atoms with Crippen LogP contribution in [0.1, 0.15) is 22.4 Å². The minimum atomic E-state index is -4.31. The Labute approximate surface area is 190 Å². The third-order valence-corrected chi connectivity index (χ3v) is 5.05. The van der Waals surface area contributed by atoms with E-state index in [1.807, 2.05) is 56.3 Å². The first kappa shape index (κ1) is 23.5. The Morgan fingerprint density at radius 1 is 0.906 bits per heavy atom. The molecule has 0 aliphatic carbocycles.